The van der Waals surface area contributed by atoms with E-state index < -0.39 is 75.7 Å². The minimum atomic E-state index is -5.12. The topological polar surface area (TPSA) is 210 Å². The number of phosphoric ester groups is 1. The van der Waals surface area contributed by atoms with Crippen LogP contribution in [0, 0.1) is 0 Å². The fourth-order valence-electron chi connectivity index (χ4n) is 6.28. The van der Waals surface area contributed by atoms with E-state index >= 15 is 0 Å². The first-order valence-electron chi connectivity index (χ1n) is 21.1. The minimum Gasteiger partial charge on any atom is -0.462 e. The van der Waals surface area contributed by atoms with Crippen LogP contribution in [0.2, 0.25) is 0 Å². The fraction of sp³-hybridized carbons (Fsp3) is 0.854. The summed E-state index contributed by atoms with van der Waals surface area (Å²) >= 11 is 0. The van der Waals surface area contributed by atoms with Crippen molar-refractivity contribution in [1.82, 2.24) is 0 Å². The van der Waals surface area contributed by atoms with Crippen LogP contribution in [0.25, 0.3) is 0 Å². The lowest BCUT2D eigenvalue weighted by Crippen LogP contribution is -2.64. The Labute approximate surface area is 330 Å². The van der Waals surface area contributed by atoms with Crippen LogP contribution >= 0.6 is 7.82 Å². The van der Waals surface area contributed by atoms with Gasteiger partial charge >= 0.3 is 19.8 Å². The number of phosphoric acid groups is 1. The molecule has 0 saturated heterocycles. The highest BCUT2D eigenvalue weighted by molar-refractivity contribution is 7.47. The van der Waals surface area contributed by atoms with Crippen LogP contribution in [-0.2, 0) is 32.7 Å². The molecule has 6 unspecified atom stereocenters. The Hall–Kier alpha value is -1.67. The molecule has 0 spiro atoms. The van der Waals surface area contributed by atoms with Crippen LogP contribution in [0.4, 0.5) is 0 Å². The predicted octanol–water partition coefficient (Wildman–Crippen LogP) is 7.28. The minimum absolute atomic E-state index is 0.0805. The van der Waals surface area contributed by atoms with E-state index in [0.717, 1.165) is 51.4 Å². The van der Waals surface area contributed by atoms with Gasteiger partial charge in [0.15, 0.2) is 6.10 Å². The van der Waals surface area contributed by atoms with Gasteiger partial charge in [0.1, 0.15) is 43.2 Å². The predicted molar refractivity (Wildman–Crippen MR) is 212 cm³/mol. The average Bonchev–Trinajstić information content (AvgIpc) is 3.16. The average molecular weight is 807 g/mol. The Morgan fingerprint density at radius 1 is 0.545 bits per heavy atom. The van der Waals surface area contributed by atoms with E-state index in [1.54, 1.807) is 0 Å². The highest BCUT2D eigenvalue weighted by atomic mass is 31.2. The van der Waals surface area contributed by atoms with Crippen LogP contribution in [0.5, 0.6) is 0 Å². The lowest BCUT2D eigenvalue weighted by atomic mass is 9.85. The molecule has 1 rings (SSSR count). The second-order valence-corrected chi connectivity index (χ2v) is 16.2. The molecule has 1 aliphatic carbocycles. The van der Waals surface area contributed by atoms with Gasteiger partial charge in [0.2, 0.25) is 0 Å². The number of ether oxygens (including phenoxy) is 2. The van der Waals surface area contributed by atoms with Gasteiger partial charge < -0.3 is 39.9 Å². The SMILES string of the molecule is CCCC/C=C/CCCCCCCC(=O)O[C@H](COC(=O)CC/C=C/CCCCCCCCCCCCC)COP(=O)(O)OC1C(O)C(O)C(O)[C@@H](O)C1O. The van der Waals surface area contributed by atoms with Crippen molar-refractivity contribution < 1.29 is 63.1 Å². The van der Waals surface area contributed by atoms with Crippen molar-refractivity contribution in [2.24, 2.45) is 0 Å². The van der Waals surface area contributed by atoms with Gasteiger partial charge in [-0.3, -0.25) is 18.6 Å². The molecule has 0 aliphatic heterocycles. The molecular weight excluding hydrogens is 731 g/mol. The highest BCUT2D eigenvalue weighted by Gasteiger charge is 2.51. The Bertz CT molecular complexity index is 1070. The molecule has 0 aromatic heterocycles. The molecule has 1 aliphatic rings. The maximum Gasteiger partial charge on any atom is 0.472 e. The number of carbonyl (C=O) groups is 2. The first-order valence-corrected chi connectivity index (χ1v) is 22.6. The van der Waals surface area contributed by atoms with Crippen molar-refractivity contribution in [3.05, 3.63) is 24.3 Å². The van der Waals surface area contributed by atoms with Crippen molar-refractivity contribution >= 4 is 19.8 Å². The molecule has 1 saturated carbocycles. The Kier molecular flexibility index (Phi) is 30.2. The first-order chi connectivity index (χ1) is 26.4. The number of aliphatic hydroxyl groups is 5. The van der Waals surface area contributed by atoms with Crippen molar-refractivity contribution in [3.8, 4) is 0 Å². The second kappa shape index (κ2) is 32.3. The molecule has 1 fully saturated rings. The van der Waals surface area contributed by atoms with Gasteiger partial charge in [0, 0.05) is 12.8 Å². The van der Waals surface area contributed by atoms with Crippen molar-refractivity contribution in [2.45, 2.75) is 211 Å². The summed E-state index contributed by atoms with van der Waals surface area (Å²) in [5.74, 6) is -1.17. The number of allylic oxidation sites excluding steroid dienone is 4. The Morgan fingerprint density at radius 3 is 1.51 bits per heavy atom. The summed E-state index contributed by atoms with van der Waals surface area (Å²) < 4.78 is 33.3. The Morgan fingerprint density at radius 2 is 0.982 bits per heavy atom. The van der Waals surface area contributed by atoms with Gasteiger partial charge in [-0.15, -0.1) is 0 Å². The van der Waals surface area contributed by atoms with E-state index in [1.165, 1.54) is 77.0 Å². The summed E-state index contributed by atoms with van der Waals surface area (Å²) in [4.78, 5) is 35.5. The molecule has 6 N–H and O–H groups in total. The summed E-state index contributed by atoms with van der Waals surface area (Å²) in [5.41, 5.74) is 0. The van der Waals surface area contributed by atoms with Gasteiger partial charge in [-0.2, -0.15) is 0 Å². The number of aliphatic hydroxyl groups excluding tert-OH is 5. The van der Waals surface area contributed by atoms with Gasteiger partial charge in [-0.1, -0.05) is 134 Å². The summed E-state index contributed by atoms with van der Waals surface area (Å²) in [7, 11) is -5.12. The zero-order valence-electron chi connectivity index (χ0n) is 33.7. The van der Waals surface area contributed by atoms with Gasteiger partial charge in [0.05, 0.1) is 6.61 Å². The van der Waals surface area contributed by atoms with Crippen LogP contribution < -0.4 is 0 Å². The van der Waals surface area contributed by atoms with Crippen molar-refractivity contribution in [1.29, 1.82) is 0 Å². The summed E-state index contributed by atoms with van der Waals surface area (Å²) in [6.07, 6.45) is 19.8. The lowest BCUT2D eigenvalue weighted by molar-refractivity contribution is -0.220. The zero-order valence-corrected chi connectivity index (χ0v) is 34.6. The van der Waals surface area contributed by atoms with Gasteiger partial charge in [-0.25, -0.2) is 4.57 Å². The summed E-state index contributed by atoms with van der Waals surface area (Å²) in [6, 6.07) is 0. The third-order valence-electron chi connectivity index (χ3n) is 9.78. The molecule has 13 nitrogen and oxygen atoms in total. The van der Waals surface area contributed by atoms with Gasteiger partial charge in [0.25, 0.3) is 0 Å². The number of carbonyl (C=O) groups excluding carboxylic acids is 2. The molecule has 322 valence electrons. The third-order valence-corrected chi connectivity index (χ3v) is 10.8. The maximum absolute atomic E-state index is 12.8. The summed E-state index contributed by atoms with van der Waals surface area (Å²) in [6.45, 7) is 3.20. The number of esters is 2. The number of unbranched alkanes of at least 4 members (excludes halogenated alkanes) is 18. The molecule has 0 radical (unpaired) electrons. The van der Waals surface area contributed by atoms with Crippen molar-refractivity contribution in [2.75, 3.05) is 13.2 Å². The van der Waals surface area contributed by atoms with Crippen LogP contribution in [-0.4, -0.2) is 98.3 Å². The molecule has 0 aromatic carbocycles. The standard InChI is InChI=1S/C41H75O13P/c1-3-5-7-9-11-13-15-16-17-18-20-21-23-25-27-29-34(42)51-31-33(53-35(43)30-28-26-24-22-19-14-12-10-8-6-4-2)32-52-55(49,50)54-41-39(47)37(45)36(44)38(46)40(41)48/h10,12,23,25,33,36-41,44-48H,3-9,11,13-22,24,26-32H2,1-2H3,(H,49,50)/b12-10+,25-23+/t33-,36?,37-,38?,39?,40?,41?/m1/s1. The number of hydrogen-bond donors (Lipinski definition) is 6. The maximum atomic E-state index is 12.8. The normalized spacial score (nSPS) is 23.3. The van der Waals surface area contributed by atoms with Crippen LogP contribution in [0.3, 0.4) is 0 Å². The fourth-order valence-corrected chi connectivity index (χ4v) is 7.26. The highest BCUT2D eigenvalue weighted by Crippen LogP contribution is 2.47. The van der Waals surface area contributed by atoms with Crippen LogP contribution in [0.15, 0.2) is 24.3 Å². The molecule has 0 amide bonds. The van der Waals surface area contributed by atoms with E-state index in [9.17, 15) is 44.6 Å². The smallest absolute Gasteiger partial charge is 0.462 e. The quantitative estimate of drug-likeness (QED) is 0.0164. The largest absolute Gasteiger partial charge is 0.472 e. The molecule has 14 heteroatoms. The monoisotopic (exact) mass is 806 g/mol. The van der Waals surface area contributed by atoms with E-state index in [4.69, 9.17) is 18.5 Å². The number of rotatable bonds is 34. The van der Waals surface area contributed by atoms with Gasteiger partial charge in [-0.05, 0) is 44.9 Å². The van der Waals surface area contributed by atoms with E-state index in [-0.39, 0.29) is 12.8 Å². The first kappa shape index (κ1) is 51.3. The van der Waals surface area contributed by atoms with E-state index in [2.05, 4.69) is 32.1 Å². The molecule has 0 aromatic rings. The van der Waals surface area contributed by atoms with E-state index in [1.807, 2.05) is 6.08 Å². The number of hydrogen-bond acceptors (Lipinski definition) is 12. The third kappa shape index (κ3) is 25.3. The second-order valence-electron chi connectivity index (χ2n) is 14.8. The Balaban J connectivity index is 2.52. The van der Waals surface area contributed by atoms with Crippen molar-refractivity contribution in [3.63, 3.8) is 0 Å². The molecular formula is C41H75O13P. The lowest BCUT2D eigenvalue weighted by Gasteiger charge is -2.41. The summed E-state index contributed by atoms with van der Waals surface area (Å²) in [5, 5.41) is 50.0. The zero-order chi connectivity index (χ0) is 40.7. The van der Waals surface area contributed by atoms with E-state index in [0.29, 0.717) is 12.8 Å². The molecule has 0 heterocycles. The molecule has 0 bridgehead atoms. The molecule has 55 heavy (non-hydrogen) atoms. The van der Waals surface area contributed by atoms with Crippen LogP contribution in [0.1, 0.15) is 168 Å². The molecule has 8 atom stereocenters.